The zero-order chi connectivity index (χ0) is 13.2. The lowest BCUT2D eigenvalue weighted by atomic mass is 10.2. The number of aryl methyl sites for hydroxylation is 2. The van der Waals surface area contributed by atoms with Crippen molar-refractivity contribution < 1.29 is 9.90 Å². The normalized spacial score (nSPS) is 15.2. The molecular formula is C14H15NO2S2. The Morgan fingerprint density at radius 1 is 1.47 bits per heavy atom. The zero-order valence-corrected chi connectivity index (χ0v) is 12.0. The second-order valence-corrected chi connectivity index (χ2v) is 6.61. The lowest BCUT2D eigenvalue weighted by Gasteiger charge is -2.09. The van der Waals surface area contributed by atoms with Gasteiger partial charge >= 0.3 is 0 Å². The Kier molecular flexibility index (Phi) is 3.68. The molecule has 0 radical (unpaired) electrons. The van der Waals surface area contributed by atoms with Crippen LogP contribution in [0.15, 0.2) is 22.9 Å². The molecule has 1 unspecified atom stereocenters. The van der Waals surface area contributed by atoms with Crippen LogP contribution in [0.4, 0.5) is 0 Å². The van der Waals surface area contributed by atoms with Gasteiger partial charge in [0.25, 0.3) is 5.91 Å². The van der Waals surface area contributed by atoms with E-state index in [0.29, 0.717) is 0 Å². The molecule has 100 valence electrons. The first kappa shape index (κ1) is 12.8. The summed E-state index contributed by atoms with van der Waals surface area (Å²) in [6.45, 7) is 0.262. The number of thiophene rings is 2. The summed E-state index contributed by atoms with van der Waals surface area (Å²) in [6.07, 6.45) is 2.78. The number of amides is 1. The fourth-order valence-electron chi connectivity index (χ4n) is 2.30. The van der Waals surface area contributed by atoms with Crippen molar-refractivity contribution in [3.63, 3.8) is 0 Å². The van der Waals surface area contributed by atoms with E-state index in [2.05, 4.69) is 5.32 Å². The molecule has 2 aromatic rings. The van der Waals surface area contributed by atoms with E-state index in [-0.39, 0.29) is 12.5 Å². The van der Waals surface area contributed by atoms with Crippen molar-refractivity contribution >= 4 is 28.6 Å². The topological polar surface area (TPSA) is 49.3 Å². The predicted molar refractivity (Wildman–Crippen MR) is 78.0 cm³/mol. The van der Waals surface area contributed by atoms with Crippen LogP contribution in [0.25, 0.3) is 0 Å². The summed E-state index contributed by atoms with van der Waals surface area (Å²) < 4.78 is 0. The van der Waals surface area contributed by atoms with Crippen molar-refractivity contribution in [2.75, 3.05) is 6.54 Å². The standard InChI is InChI=1S/C14H15NO2S2/c16-11(10-4-5-18-8-10)7-15-14(17)13-6-9-2-1-3-12(9)19-13/h4-6,8,11,16H,1-3,7H2,(H,15,17). The maximum absolute atomic E-state index is 12.0. The number of nitrogens with one attached hydrogen (secondary N) is 1. The molecule has 2 N–H and O–H groups in total. The van der Waals surface area contributed by atoms with Crippen LogP contribution >= 0.6 is 22.7 Å². The maximum atomic E-state index is 12.0. The Hall–Kier alpha value is -1.17. The minimum absolute atomic E-state index is 0.0753. The van der Waals surface area contributed by atoms with Crippen LogP contribution in [0.5, 0.6) is 0 Å². The highest BCUT2D eigenvalue weighted by Gasteiger charge is 2.19. The molecule has 0 spiro atoms. The first-order valence-electron chi connectivity index (χ1n) is 6.34. The highest BCUT2D eigenvalue weighted by molar-refractivity contribution is 7.14. The molecule has 2 heterocycles. The molecular weight excluding hydrogens is 278 g/mol. The Morgan fingerprint density at radius 3 is 3.11 bits per heavy atom. The second-order valence-electron chi connectivity index (χ2n) is 4.70. The molecule has 3 nitrogen and oxygen atoms in total. The third kappa shape index (κ3) is 2.73. The molecule has 3 rings (SSSR count). The molecule has 1 atom stereocenters. The molecule has 0 aliphatic heterocycles. The maximum Gasteiger partial charge on any atom is 0.261 e. The van der Waals surface area contributed by atoms with Gasteiger partial charge < -0.3 is 10.4 Å². The van der Waals surface area contributed by atoms with Crippen LogP contribution in [0.1, 0.15) is 38.2 Å². The van der Waals surface area contributed by atoms with Crippen molar-refractivity contribution in [2.24, 2.45) is 0 Å². The lowest BCUT2D eigenvalue weighted by molar-refractivity contribution is 0.0920. The quantitative estimate of drug-likeness (QED) is 0.910. The van der Waals surface area contributed by atoms with Crippen molar-refractivity contribution in [3.05, 3.63) is 43.8 Å². The number of hydrogen-bond acceptors (Lipinski definition) is 4. The smallest absolute Gasteiger partial charge is 0.261 e. The molecule has 19 heavy (non-hydrogen) atoms. The van der Waals surface area contributed by atoms with Gasteiger partial charge in [-0.05, 0) is 53.3 Å². The molecule has 0 saturated carbocycles. The van der Waals surface area contributed by atoms with Gasteiger partial charge in [0.05, 0.1) is 11.0 Å². The Labute approximate surface area is 119 Å². The van der Waals surface area contributed by atoms with Crippen LogP contribution < -0.4 is 5.32 Å². The molecule has 1 aliphatic carbocycles. The van der Waals surface area contributed by atoms with E-state index in [1.807, 2.05) is 22.9 Å². The van der Waals surface area contributed by atoms with Crippen LogP contribution in [0.3, 0.4) is 0 Å². The van der Waals surface area contributed by atoms with E-state index in [1.165, 1.54) is 16.9 Å². The first-order valence-corrected chi connectivity index (χ1v) is 8.10. The molecule has 0 bridgehead atoms. The van der Waals surface area contributed by atoms with Crippen LogP contribution in [0.2, 0.25) is 0 Å². The summed E-state index contributed by atoms with van der Waals surface area (Å²) in [5, 5.41) is 16.5. The third-order valence-corrected chi connectivity index (χ3v) is 5.29. The highest BCUT2D eigenvalue weighted by atomic mass is 32.1. The van der Waals surface area contributed by atoms with Gasteiger partial charge in [-0.1, -0.05) is 0 Å². The molecule has 5 heteroatoms. The van der Waals surface area contributed by atoms with Crippen molar-refractivity contribution in [2.45, 2.75) is 25.4 Å². The fraction of sp³-hybridized carbons (Fsp3) is 0.357. The predicted octanol–water partition coefficient (Wildman–Crippen LogP) is 2.76. The van der Waals surface area contributed by atoms with E-state index >= 15 is 0 Å². The summed E-state index contributed by atoms with van der Waals surface area (Å²) in [5.41, 5.74) is 2.19. The molecule has 0 fully saturated rings. The number of carbonyl (C=O) groups excluding carboxylic acids is 1. The number of carbonyl (C=O) groups is 1. The van der Waals surface area contributed by atoms with Crippen LogP contribution in [-0.2, 0) is 12.8 Å². The van der Waals surface area contributed by atoms with Gasteiger partial charge in [-0.15, -0.1) is 11.3 Å². The Bertz CT molecular complexity index is 553. The number of fused-ring (bicyclic) bond motifs is 1. The Balaban J connectivity index is 1.59. The number of rotatable bonds is 4. The Morgan fingerprint density at radius 2 is 2.37 bits per heavy atom. The van der Waals surface area contributed by atoms with E-state index in [1.54, 1.807) is 22.7 Å². The van der Waals surface area contributed by atoms with E-state index in [0.717, 1.165) is 23.3 Å². The van der Waals surface area contributed by atoms with Crippen molar-refractivity contribution in [1.29, 1.82) is 0 Å². The zero-order valence-electron chi connectivity index (χ0n) is 10.4. The van der Waals surface area contributed by atoms with Crippen LogP contribution in [0, 0.1) is 0 Å². The molecule has 1 amide bonds. The van der Waals surface area contributed by atoms with E-state index in [4.69, 9.17) is 0 Å². The van der Waals surface area contributed by atoms with Gasteiger partial charge in [-0.25, -0.2) is 0 Å². The van der Waals surface area contributed by atoms with Gasteiger partial charge in [-0.3, -0.25) is 4.79 Å². The third-order valence-electron chi connectivity index (χ3n) is 3.35. The van der Waals surface area contributed by atoms with E-state index < -0.39 is 6.10 Å². The second kappa shape index (κ2) is 5.45. The SMILES string of the molecule is O=C(NCC(O)c1ccsc1)c1cc2c(s1)CCC2. The number of aliphatic hydroxyl groups excluding tert-OH is 1. The van der Waals surface area contributed by atoms with Crippen LogP contribution in [-0.4, -0.2) is 17.6 Å². The van der Waals surface area contributed by atoms with Gasteiger partial charge in [0, 0.05) is 11.4 Å². The lowest BCUT2D eigenvalue weighted by Crippen LogP contribution is -2.27. The highest BCUT2D eigenvalue weighted by Crippen LogP contribution is 2.30. The summed E-state index contributed by atoms with van der Waals surface area (Å²) in [7, 11) is 0. The molecule has 0 aromatic carbocycles. The summed E-state index contributed by atoms with van der Waals surface area (Å²) >= 11 is 3.13. The largest absolute Gasteiger partial charge is 0.387 e. The van der Waals surface area contributed by atoms with Crippen molar-refractivity contribution in [3.8, 4) is 0 Å². The van der Waals surface area contributed by atoms with Gasteiger partial charge in [0.1, 0.15) is 0 Å². The average molecular weight is 293 g/mol. The number of aliphatic hydroxyl groups is 1. The summed E-state index contributed by atoms with van der Waals surface area (Å²) in [5.74, 6) is -0.0753. The minimum atomic E-state index is -0.623. The molecule has 1 aliphatic rings. The minimum Gasteiger partial charge on any atom is -0.387 e. The van der Waals surface area contributed by atoms with E-state index in [9.17, 15) is 9.90 Å². The molecule has 2 aromatic heterocycles. The van der Waals surface area contributed by atoms with Gasteiger partial charge in [0.15, 0.2) is 0 Å². The van der Waals surface area contributed by atoms with Gasteiger partial charge in [-0.2, -0.15) is 11.3 Å². The number of hydrogen-bond donors (Lipinski definition) is 2. The first-order chi connectivity index (χ1) is 9.24. The van der Waals surface area contributed by atoms with Crippen molar-refractivity contribution in [1.82, 2.24) is 5.32 Å². The molecule has 0 saturated heterocycles. The summed E-state index contributed by atoms with van der Waals surface area (Å²) in [4.78, 5) is 14.1. The average Bonchev–Trinajstić information content (AvgIpc) is 3.09. The summed E-state index contributed by atoms with van der Waals surface area (Å²) in [6, 6.07) is 3.88. The van der Waals surface area contributed by atoms with Gasteiger partial charge in [0.2, 0.25) is 0 Å². The monoisotopic (exact) mass is 293 g/mol. The fourth-order valence-corrected chi connectivity index (χ4v) is 4.18.